The van der Waals surface area contributed by atoms with E-state index in [1.807, 2.05) is 0 Å². The molecule has 2 rings (SSSR count). The van der Waals surface area contributed by atoms with E-state index >= 15 is 0 Å². The minimum atomic E-state index is 0.00218. The van der Waals surface area contributed by atoms with Crippen LogP contribution in [0.25, 0.3) is 0 Å². The van der Waals surface area contributed by atoms with Crippen LogP contribution in [0.2, 0.25) is 0 Å². The number of hydrogen-bond donors (Lipinski definition) is 0. The van der Waals surface area contributed by atoms with Gasteiger partial charge < -0.3 is 0 Å². The number of amides is 2. The molecule has 2 aliphatic heterocycles. The van der Waals surface area contributed by atoms with Crippen LogP contribution in [-0.2, 0) is 9.59 Å². The van der Waals surface area contributed by atoms with Gasteiger partial charge in [0.25, 0.3) is 0 Å². The van der Waals surface area contributed by atoms with Crippen molar-refractivity contribution in [3.05, 3.63) is 12.7 Å². The maximum absolute atomic E-state index is 11.5. The van der Waals surface area contributed by atoms with Gasteiger partial charge in [-0.25, -0.2) is 0 Å². The normalized spacial score (nSPS) is 24.7. The van der Waals surface area contributed by atoms with Crippen LogP contribution in [0, 0.1) is 0 Å². The van der Waals surface area contributed by atoms with Gasteiger partial charge >= 0.3 is 0 Å². The fourth-order valence-electron chi connectivity index (χ4n) is 1.39. The Balaban J connectivity index is 2.13. The van der Waals surface area contributed by atoms with Crippen LogP contribution in [0.3, 0.4) is 0 Å². The molecule has 0 saturated carbocycles. The molecule has 6 nitrogen and oxygen atoms in total. The second kappa shape index (κ2) is 5.57. The lowest BCUT2D eigenvalue weighted by atomic mass is 10.5. The topological polar surface area (TPSA) is 65.3 Å². The quantitative estimate of drug-likeness (QED) is 0.562. The van der Waals surface area contributed by atoms with Crippen LogP contribution in [0.5, 0.6) is 0 Å². The van der Waals surface area contributed by atoms with Crippen LogP contribution >= 0.6 is 23.5 Å². The first kappa shape index (κ1) is 13.2. The zero-order chi connectivity index (χ0) is 13.1. The highest BCUT2D eigenvalue weighted by Gasteiger charge is 2.28. The third-order valence-electron chi connectivity index (χ3n) is 2.38. The average molecular weight is 284 g/mol. The second-order valence-corrected chi connectivity index (χ2v) is 5.47. The van der Waals surface area contributed by atoms with Crippen LogP contribution in [0.15, 0.2) is 22.9 Å². The lowest BCUT2D eigenvalue weighted by Gasteiger charge is -2.12. The number of carbonyl (C=O) groups excluding carboxylic acids is 2. The van der Waals surface area contributed by atoms with E-state index in [4.69, 9.17) is 0 Å². The molecule has 2 amide bonds. The molecule has 2 fully saturated rings. The van der Waals surface area contributed by atoms with Gasteiger partial charge in [-0.1, -0.05) is 29.6 Å². The lowest BCUT2D eigenvalue weighted by Crippen LogP contribution is -2.29. The molecular weight excluding hydrogens is 272 g/mol. The smallest absolute Gasteiger partial charge is 0.239 e. The number of thioether (sulfide) groups is 2. The van der Waals surface area contributed by atoms with E-state index < -0.39 is 0 Å². The molecule has 8 heteroatoms. The molecule has 0 atom stereocenters. The predicted octanol–water partition coefficient (Wildman–Crippen LogP) is 0.580. The molecule has 0 aromatic carbocycles. The van der Waals surface area contributed by atoms with Gasteiger partial charge in [0.05, 0.1) is 11.5 Å². The van der Waals surface area contributed by atoms with Gasteiger partial charge in [-0.15, -0.1) is 16.8 Å². The molecule has 0 unspecified atom stereocenters. The van der Waals surface area contributed by atoms with E-state index in [2.05, 4.69) is 16.8 Å². The molecule has 0 bridgehead atoms. The van der Waals surface area contributed by atoms with Crippen molar-refractivity contribution in [2.45, 2.75) is 0 Å². The van der Waals surface area contributed by atoms with Crippen molar-refractivity contribution in [3.8, 4) is 0 Å². The molecule has 2 saturated heterocycles. The third-order valence-corrected chi connectivity index (χ3v) is 4.33. The van der Waals surface area contributed by atoms with Crippen molar-refractivity contribution >= 4 is 45.7 Å². The van der Waals surface area contributed by atoms with E-state index in [0.29, 0.717) is 28.4 Å². The zero-order valence-corrected chi connectivity index (χ0v) is 11.5. The maximum atomic E-state index is 11.5. The predicted molar refractivity (Wildman–Crippen MR) is 74.5 cm³/mol. The maximum Gasteiger partial charge on any atom is 0.239 e. The average Bonchev–Trinajstić information content (AvgIpc) is 2.85. The number of rotatable bonds is 3. The van der Waals surface area contributed by atoms with E-state index in [-0.39, 0.29) is 11.8 Å². The first-order chi connectivity index (χ1) is 8.63. The number of hydrogen-bond acceptors (Lipinski definition) is 6. The monoisotopic (exact) mass is 284 g/mol. The summed E-state index contributed by atoms with van der Waals surface area (Å²) in [6, 6.07) is 0. The number of carbonyl (C=O) groups is 2. The fraction of sp³-hybridized carbons (Fsp3) is 0.400. The molecule has 0 spiro atoms. The van der Waals surface area contributed by atoms with E-state index in [1.54, 1.807) is 13.1 Å². The van der Waals surface area contributed by atoms with Crippen LogP contribution in [0.1, 0.15) is 0 Å². The highest BCUT2D eigenvalue weighted by Crippen LogP contribution is 2.21. The largest absolute Gasteiger partial charge is 0.292 e. The Labute approximate surface area is 113 Å². The fourth-order valence-corrected chi connectivity index (χ4v) is 3.07. The first-order valence-corrected chi connectivity index (χ1v) is 7.19. The molecule has 2 heterocycles. The molecule has 0 radical (unpaired) electrons. The van der Waals surface area contributed by atoms with Crippen molar-refractivity contribution in [1.82, 2.24) is 9.80 Å². The lowest BCUT2D eigenvalue weighted by molar-refractivity contribution is -0.124. The first-order valence-electron chi connectivity index (χ1n) is 5.22. The minimum absolute atomic E-state index is 0.00218. The zero-order valence-electron chi connectivity index (χ0n) is 9.83. The van der Waals surface area contributed by atoms with Crippen molar-refractivity contribution in [2.75, 3.05) is 25.1 Å². The molecule has 0 aliphatic carbocycles. The van der Waals surface area contributed by atoms with Gasteiger partial charge in [0, 0.05) is 13.6 Å². The summed E-state index contributed by atoms with van der Waals surface area (Å²) in [6.07, 6.45) is 1.65. The summed E-state index contributed by atoms with van der Waals surface area (Å²) in [5.41, 5.74) is 0. The number of nitrogens with zero attached hydrogens (tertiary/aromatic N) is 4. The summed E-state index contributed by atoms with van der Waals surface area (Å²) < 4.78 is 0. The third kappa shape index (κ3) is 2.59. The Kier molecular flexibility index (Phi) is 4.07. The number of amidine groups is 2. The van der Waals surface area contributed by atoms with Crippen LogP contribution < -0.4 is 0 Å². The molecular formula is C10H12N4O2S2. The summed E-state index contributed by atoms with van der Waals surface area (Å²) in [7, 11) is 1.66. The SMILES string of the molecule is C=CCN1C(=O)CS/C1=N/N=C1/SCC(=O)N1C. The summed E-state index contributed by atoms with van der Waals surface area (Å²) in [5.74, 6) is 0.779. The Bertz CT molecular complexity index is 461. The van der Waals surface area contributed by atoms with Gasteiger partial charge in [-0.05, 0) is 0 Å². The Morgan fingerprint density at radius 3 is 2.44 bits per heavy atom. The van der Waals surface area contributed by atoms with Gasteiger partial charge in [-0.2, -0.15) is 0 Å². The second-order valence-electron chi connectivity index (χ2n) is 3.59. The van der Waals surface area contributed by atoms with Gasteiger partial charge in [0.2, 0.25) is 11.8 Å². The highest BCUT2D eigenvalue weighted by atomic mass is 32.2. The van der Waals surface area contributed by atoms with Crippen molar-refractivity contribution in [1.29, 1.82) is 0 Å². The molecule has 0 aromatic rings. The standard InChI is InChI=1S/C10H12N4O2S2/c1-3-4-14-8(16)6-18-10(14)12-11-9-13(2)7(15)5-17-9/h3H,1,4-6H2,2H3/b11-9+,12-10+. The summed E-state index contributed by atoms with van der Waals surface area (Å²) in [6.45, 7) is 4.03. The molecule has 96 valence electrons. The van der Waals surface area contributed by atoms with Crippen molar-refractivity contribution < 1.29 is 9.59 Å². The highest BCUT2D eigenvalue weighted by molar-refractivity contribution is 8.15. The van der Waals surface area contributed by atoms with Gasteiger partial charge in [0.15, 0.2) is 10.3 Å². The van der Waals surface area contributed by atoms with Gasteiger partial charge in [0.1, 0.15) is 0 Å². The Hall–Kier alpha value is -1.28. The van der Waals surface area contributed by atoms with Crippen molar-refractivity contribution in [2.24, 2.45) is 10.2 Å². The molecule has 2 aliphatic rings. The summed E-state index contributed by atoms with van der Waals surface area (Å²) in [4.78, 5) is 25.8. The summed E-state index contributed by atoms with van der Waals surface area (Å²) in [5, 5.41) is 9.20. The van der Waals surface area contributed by atoms with E-state index in [1.165, 1.54) is 33.3 Å². The van der Waals surface area contributed by atoms with E-state index in [9.17, 15) is 9.59 Å². The minimum Gasteiger partial charge on any atom is -0.292 e. The summed E-state index contributed by atoms with van der Waals surface area (Å²) >= 11 is 2.69. The van der Waals surface area contributed by atoms with Crippen LogP contribution in [-0.4, -0.2) is 57.0 Å². The van der Waals surface area contributed by atoms with E-state index in [0.717, 1.165) is 0 Å². The van der Waals surface area contributed by atoms with Gasteiger partial charge in [-0.3, -0.25) is 19.4 Å². The molecule has 18 heavy (non-hydrogen) atoms. The molecule has 0 aromatic heterocycles. The van der Waals surface area contributed by atoms with Crippen molar-refractivity contribution in [3.63, 3.8) is 0 Å². The van der Waals surface area contributed by atoms with Crippen LogP contribution in [0.4, 0.5) is 0 Å². The molecule has 0 N–H and O–H groups in total. The Morgan fingerprint density at radius 2 is 1.83 bits per heavy atom. The Morgan fingerprint density at radius 1 is 1.22 bits per heavy atom.